The van der Waals surface area contributed by atoms with Crippen molar-refractivity contribution in [1.82, 2.24) is 0 Å². The summed E-state index contributed by atoms with van der Waals surface area (Å²) in [7, 11) is 0. The van der Waals surface area contributed by atoms with Gasteiger partial charge in [0.2, 0.25) is 0 Å². The van der Waals surface area contributed by atoms with E-state index in [0.717, 1.165) is 22.6 Å². The molecule has 1 aliphatic heterocycles. The Balaban J connectivity index is 1.90. The highest BCUT2D eigenvalue weighted by atomic mass is 35.5. The van der Waals surface area contributed by atoms with Gasteiger partial charge in [0.1, 0.15) is 0 Å². The number of hydrogen-bond acceptors (Lipinski definition) is 3. The SMILES string of the molecule is CC1COc2ccc(C(N)c3cccc(Cl)c3)cc2OC1. The van der Waals surface area contributed by atoms with Gasteiger partial charge < -0.3 is 15.2 Å². The van der Waals surface area contributed by atoms with Crippen molar-refractivity contribution in [2.24, 2.45) is 11.7 Å². The number of ether oxygens (including phenoxy) is 2. The molecular formula is C17H18ClNO2. The molecule has 3 nitrogen and oxygen atoms in total. The molecule has 110 valence electrons. The summed E-state index contributed by atoms with van der Waals surface area (Å²) in [5.74, 6) is 1.91. The smallest absolute Gasteiger partial charge is 0.161 e. The van der Waals surface area contributed by atoms with Crippen LogP contribution < -0.4 is 15.2 Å². The van der Waals surface area contributed by atoms with Crippen molar-refractivity contribution in [3.63, 3.8) is 0 Å². The Kier molecular flexibility index (Phi) is 4.04. The molecule has 2 atom stereocenters. The van der Waals surface area contributed by atoms with Crippen molar-refractivity contribution >= 4 is 11.6 Å². The van der Waals surface area contributed by atoms with Gasteiger partial charge in [-0.1, -0.05) is 36.7 Å². The fraction of sp³-hybridized carbons (Fsp3) is 0.294. The fourth-order valence-corrected chi connectivity index (χ4v) is 2.55. The maximum absolute atomic E-state index is 6.33. The largest absolute Gasteiger partial charge is 0.489 e. The molecule has 2 N–H and O–H groups in total. The summed E-state index contributed by atoms with van der Waals surface area (Å²) in [5.41, 5.74) is 8.29. The topological polar surface area (TPSA) is 44.5 Å². The lowest BCUT2D eigenvalue weighted by molar-refractivity contribution is 0.228. The normalized spacial score (nSPS) is 18.9. The lowest BCUT2D eigenvalue weighted by atomic mass is 9.99. The molecule has 0 radical (unpaired) electrons. The van der Waals surface area contributed by atoms with Crippen molar-refractivity contribution in [2.75, 3.05) is 13.2 Å². The minimum atomic E-state index is -0.238. The van der Waals surface area contributed by atoms with Crippen molar-refractivity contribution in [2.45, 2.75) is 13.0 Å². The van der Waals surface area contributed by atoms with E-state index in [1.807, 2.05) is 42.5 Å². The van der Waals surface area contributed by atoms with E-state index in [2.05, 4.69) is 6.92 Å². The van der Waals surface area contributed by atoms with Crippen LogP contribution in [0.2, 0.25) is 5.02 Å². The van der Waals surface area contributed by atoms with Gasteiger partial charge in [-0.25, -0.2) is 0 Å². The van der Waals surface area contributed by atoms with Gasteiger partial charge in [0.25, 0.3) is 0 Å². The Bertz CT molecular complexity index is 644. The molecule has 0 spiro atoms. The van der Waals surface area contributed by atoms with Crippen LogP contribution in [0.3, 0.4) is 0 Å². The van der Waals surface area contributed by atoms with E-state index in [4.69, 9.17) is 26.8 Å². The van der Waals surface area contributed by atoms with Crippen LogP contribution in [0.1, 0.15) is 24.1 Å². The number of fused-ring (bicyclic) bond motifs is 1. The Morgan fingerprint density at radius 2 is 1.76 bits per heavy atom. The number of rotatable bonds is 2. The second-order valence-corrected chi connectivity index (χ2v) is 5.90. The van der Waals surface area contributed by atoms with Crippen molar-refractivity contribution < 1.29 is 9.47 Å². The molecule has 0 saturated carbocycles. The number of halogens is 1. The molecule has 2 aromatic carbocycles. The van der Waals surface area contributed by atoms with E-state index in [-0.39, 0.29) is 6.04 Å². The Hall–Kier alpha value is -1.71. The van der Waals surface area contributed by atoms with E-state index in [1.54, 1.807) is 0 Å². The first-order valence-electron chi connectivity index (χ1n) is 7.04. The minimum absolute atomic E-state index is 0.238. The molecule has 3 rings (SSSR count). The van der Waals surface area contributed by atoms with Crippen LogP contribution in [-0.4, -0.2) is 13.2 Å². The van der Waals surface area contributed by atoms with Crippen LogP contribution in [0, 0.1) is 5.92 Å². The summed E-state index contributed by atoms with van der Waals surface area (Å²) >= 11 is 6.03. The molecule has 0 fully saturated rings. The molecule has 2 unspecified atom stereocenters. The standard InChI is InChI=1S/C17H18ClNO2/c1-11-9-20-15-6-5-13(8-16(15)21-10-11)17(19)12-3-2-4-14(18)7-12/h2-8,11,17H,9-10,19H2,1H3. The summed E-state index contributed by atoms with van der Waals surface area (Å²) in [6.07, 6.45) is 0. The first-order chi connectivity index (χ1) is 10.1. The zero-order chi connectivity index (χ0) is 14.8. The molecule has 2 aromatic rings. The summed E-state index contributed by atoms with van der Waals surface area (Å²) in [5, 5.41) is 0.686. The van der Waals surface area contributed by atoms with Gasteiger partial charge in [-0.15, -0.1) is 0 Å². The van der Waals surface area contributed by atoms with Crippen molar-refractivity contribution in [3.8, 4) is 11.5 Å². The molecule has 0 saturated heterocycles. The summed E-state index contributed by atoms with van der Waals surface area (Å²) in [6.45, 7) is 3.43. The highest BCUT2D eigenvalue weighted by molar-refractivity contribution is 6.30. The maximum Gasteiger partial charge on any atom is 0.161 e. The highest BCUT2D eigenvalue weighted by Crippen LogP contribution is 2.34. The molecule has 0 aromatic heterocycles. The lowest BCUT2D eigenvalue weighted by Crippen LogP contribution is -2.12. The predicted octanol–water partition coefficient (Wildman–Crippen LogP) is 3.80. The summed E-state index contributed by atoms with van der Waals surface area (Å²) in [6, 6.07) is 13.2. The van der Waals surface area contributed by atoms with E-state index in [1.165, 1.54) is 0 Å². The molecule has 4 heteroatoms. The van der Waals surface area contributed by atoms with Crippen LogP contribution in [0.15, 0.2) is 42.5 Å². The van der Waals surface area contributed by atoms with Crippen LogP contribution in [0.25, 0.3) is 0 Å². The predicted molar refractivity (Wildman–Crippen MR) is 84.1 cm³/mol. The third-order valence-electron chi connectivity index (χ3n) is 3.58. The molecule has 0 aliphatic carbocycles. The third-order valence-corrected chi connectivity index (χ3v) is 3.82. The second kappa shape index (κ2) is 5.96. The average Bonchev–Trinajstić information content (AvgIpc) is 2.68. The van der Waals surface area contributed by atoms with Gasteiger partial charge in [-0.3, -0.25) is 0 Å². The third kappa shape index (κ3) is 3.14. The summed E-state index contributed by atoms with van der Waals surface area (Å²) < 4.78 is 11.5. The van der Waals surface area contributed by atoms with Gasteiger partial charge in [-0.2, -0.15) is 0 Å². The van der Waals surface area contributed by atoms with Gasteiger partial charge in [-0.05, 0) is 35.4 Å². The Morgan fingerprint density at radius 1 is 1.05 bits per heavy atom. The van der Waals surface area contributed by atoms with Crippen molar-refractivity contribution in [1.29, 1.82) is 0 Å². The first kappa shape index (κ1) is 14.2. The van der Waals surface area contributed by atoms with Gasteiger partial charge in [0, 0.05) is 10.9 Å². The quantitative estimate of drug-likeness (QED) is 0.918. The zero-order valence-corrected chi connectivity index (χ0v) is 12.6. The number of benzene rings is 2. The molecule has 1 heterocycles. The van der Waals surface area contributed by atoms with E-state index < -0.39 is 0 Å². The molecule has 1 aliphatic rings. The molecule has 0 bridgehead atoms. The lowest BCUT2D eigenvalue weighted by Gasteiger charge is -2.15. The highest BCUT2D eigenvalue weighted by Gasteiger charge is 2.17. The Labute approximate surface area is 129 Å². The van der Waals surface area contributed by atoms with Crippen molar-refractivity contribution in [3.05, 3.63) is 58.6 Å². The number of nitrogens with two attached hydrogens (primary N) is 1. The summed E-state index contributed by atoms with van der Waals surface area (Å²) in [4.78, 5) is 0. The second-order valence-electron chi connectivity index (χ2n) is 5.47. The zero-order valence-electron chi connectivity index (χ0n) is 11.9. The Morgan fingerprint density at radius 3 is 2.52 bits per heavy atom. The molecule has 21 heavy (non-hydrogen) atoms. The fourth-order valence-electron chi connectivity index (χ4n) is 2.35. The minimum Gasteiger partial charge on any atom is -0.489 e. The first-order valence-corrected chi connectivity index (χ1v) is 7.42. The van der Waals surface area contributed by atoms with Gasteiger partial charge in [0.05, 0.1) is 19.3 Å². The van der Waals surface area contributed by atoms with Gasteiger partial charge in [0.15, 0.2) is 11.5 Å². The molecular weight excluding hydrogens is 286 g/mol. The van der Waals surface area contributed by atoms with Crippen LogP contribution in [0.4, 0.5) is 0 Å². The van der Waals surface area contributed by atoms with E-state index in [0.29, 0.717) is 24.2 Å². The van der Waals surface area contributed by atoms with E-state index in [9.17, 15) is 0 Å². The van der Waals surface area contributed by atoms with Crippen LogP contribution in [-0.2, 0) is 0 Å². The average molecular weight is 304 g/mol. The van der Waals surface area contributed by atoms with Gasteiger partial charge >= 0.3 is 0 Å². The van der Waals surface area contributed by atoms with E-state index >= 15 is 0 Å². The monoisotopic (exact) mass is 303 g/mol. The number of hydrogen-bond donors (Lipinski definition) is 1. The maximum atomic E-state index is 6.33. The van der Waals surface area contributed by atoms with Crippen LogP contribution in [0.5, 0.6) is 11.5 Å². The molecule has 0 amide bonds. The van der Waals surface area contributed by atoms with Crippen LogP contribution >= 0.6 is 11.6 Å².